The maximum Gasteiger partial charge on any atom is 0.322 e. The van der Waals surface area contributed by atoms with Crippen LogP contribution in [0.25, 0.3) is 0 Å². The van der Waals surface area contributed by atoms with Gasteiger partial charge in [0.15, 0.2) is 0 Å². The molecule has 0 spiro atoms. The molecule has 0 bridgehead atoms. The Bertz CT molecular complexity index is 672. The maximum absolute atomic E-state index is 12.7. The number of fused-ring (bicyclic) bond motifs is 1. The monoisotopic (exact) mass is 327 g/mol. The molecule has 21 heavy (non-hydrogen) atoms. The number of carbonyl (C=O) groups is 1. The van der Waals surface area contributed by atoms with E-state index in [1.807, 2.05) is 6.07 Å². The van der Waals surface area contributed by atoms with Crippen LogP contribution < -0.4 is 0 Å². The number of sulfonamides is 1. The van der Waals surface area contributed by atoms with Gasteiger partial charge in [0.05, 0.1) is 10.8 Å². The fraction of sp³-hybridized carbons (Fsp3) is 0.500. The molecule has 1 atom stereocenters. The molecular weight excluding hydrogens is 310 g/mol. The third-order valence-electron chi connectivity index (χ3n) is 4.05. The Labute approximate surface area is 128 Å². The van der Waals surface area contributed by atoms with Crippen LogP contribution in [0.4, 0.5) is 0 Å². The predicted octanol–water partition coefficient (Wildman–Crippen LogP) is 1.71. The molecule has 1 aliphatic heterocycles. The third kappa shape index (κ3) is 2.69. The van der Waals surface area contributed by atoms with Gasteiger partial charge in [0.25, 0.3) is 0 Å². The second kappa shape index (κ2) is 5.62. The van der Waals surface area contributed by atoms with Crippen molar-refractivity contribution in [3.63, 3.8) is 0 Å². The second-order valence-electron chi connectivity index (χ2n) is 5.38. The molecule has 2 aliphatic rings. The molecule has 5 nitrogen and oxygen atoms in total. The minimum Gasteiger partial charge on any atom is -0.480 e. The Morgan fingerprint density at radius 1 is 1.24 bits per heavy atom. The zero-order valence-corrected chi connectivity index (χ0v) is 13.1. The summed E-state index contributed by atoms with van der Waals surface area (Å²) >= 11 is 1.33. The van der Waals surface area contributed by atoms with E-state index < -0.39 is 22.0 Å². The summed E-state index contributed by atoms with van der Waals surface area (Å²) in [5.74, 6) is -0.572. The molecule has 1 saturated heterocycles. The molecule has 7 heteroatoms. The fourth-order valence-corrected chi connectivity index (χ4v) is 6.05. The van der Waals surface area contributed by atoms with Crippen molar-refractivity contribution in [1.82, 2.24) is 4.31 Å². The first-order chi connectivity index (χ1) is 10.00. The van der Waals surface area contributed by atoms with Crippen LogP contribution in [-0.2, 0) is 27.7 Å². The summed E-state index contributed by atoms with van der Waals surface area (Å²) in [5, 5.41) is 9.17. The van der Waals surface area contributed by atoms with E-state index in [0.29, 0.717) is 5.75 Å². The van der Waals surface area contributed by atoms with E-state index in [9.17, 15) is 13.2 Å². The summed E-state index contributed by atoms with van der Waals surface area (Å²) in [6, 6.07) is 4.25. The molecule has 0 amide bonds. The first kappa shape index (κ1) is 14.9. The van der Waals surface area contributed by atoms with Crippen molar-refractivity contribution in [3.05, 3.63) is 29.3 Å². The highest BCUT2D eigenvalue weighted by atomic mass is 32.2. The van der Waals surface area contributed by atoms with Crippen molar-refractivity contribution >= 4 is 27.8 Å². The Morgan fingerprint density at radius 2 is 1.95 bits per heavy atom. The number of carboxylic acid groups (broad SMARTS) is 1. The molecule has 114 valence electrons. The second-order valence-corrected chi connectivity index (χ2v) is 8.27. The molecule has 1 fully saturated rings. The maximum atomic E-state index is 12.7. The largest absolute Gasteiger partial charge is 0.480 e. The summed E-state index contributed by atoms with van der Waals surface area (Å²) in [7, 11) is -3.73. The standard InChI is InChI=1S/C14H17NO4S2/c16-14(17)13-8-20-9-15(13)21(18,19)12-6-5-10-3-1-2-4-11(10)7-12/h5-7,13H,1-4,8-9H2,(H,16,17). The van der Waals surface area contributed by atoms with Crippen molar-refractivity contribution in [1.29, 1.82) is 0 Å². The van der Waals surface area contributed by atoms with Gasteiger partial charge in [0, 0.05) is 5.75 Å². The van der Waals surface area contributed by atoms with Gasteiger partial charge in [-0.2, -0.15) is 4.31 Å². The number of hydrogen-bond donors (Lipinski definition) is 1. The zero-order chi connectivity index (χ0) is 15.0. The van der Waals surface area contributed by atoms with Gasteiger partial charge in [-0.1, -0.05) is 6.07 Å². The van der Waals surface area contributed by atoms with Crippen LogP contribution in [0.3, 0.4) is 0 Å². The molecule has 1 unspecified atom stereocenters. The number of rotatable bonds is 3. The molecule has 1 aromatic carbocycles. The smallest absolute Gasteiger partial charge is 0.322 e. The molecule has 1 heterocycles. The van der Waals surface area contributed by atoms with Crippen molar-refractivity contribution in [3.8, 4) is 0 Å². The zero-order valence-electron chi connectivity index (χ0n) is 11.5. The predicted molar refractivity (Wildman–Crippen MR) is 80.9 cm³/mol. The van der Waals surface area contributed by atoms with E-state index in [1.54, 1.807) is 12.1 Å². The van der Waals surface area contributed by atoms with Gasteiger partial charge in [-0.3, -0.25) is 4.79 Å². The third-order valence-corrected chi connectivity index (χ3v) is 7.08. The van der Waals surface area contributed by atoms with Gasteiger partial charge in [0.1, 0.15) is 6.04 Å². The SMILES string of the molecule is O=C(O)C1CSCN1S(=O)(=O)c1ccc2c(c1)CCCC2. The Hall–Kier alpha value is -1.05. The molecular formula is C14H17NO4S2. The van der Waals surface area contributed by atoms with E-state index in [4.69, 9.17) is 5.11 Å². The summed E-state index contributed by atoms with van der Waals surface area (Å²) in [6.45, 7) is 0. The van der Waals surface area contributed by atoms with Crippen molar-refractivity contribution in [2.75, 3.05) is 11.6 Å². The van der Waals surface area contributed by atoms with Crippen LogP contribution in [-0.4, -0.2) is 41.5 Å². The van der Waals surface area contributed by atoms with E-state index in [0.717, 1.165) is 35.6 Å². The van der Waals surface area contributed by atoms with Crippen LogP contribution >= 0.6 is 11.8 Å². The molecule has 1 aliphatic carbocycles. The summed E-state index contributed by atoms with van der Waals surface area (Å²) < 4.78 is 26.5. The van der Waals surface area contributed by atoms with Gasteiger partial charge < -0.3 is 5.11 Å². The molecule has 0 aromatic heterocycles. The Balaban J connectivity index is 1.96. The average molecular weight is 327 g/mol. The lowest BCUT2D eigenvalue weighted by Gasteiger charge is -2.22. The molecule has 1 aromatic rings. The van der Waals surface area contributed by atoms with Gasteiger partial charge in [-0.15, -0.1) is 11.8 Å². The number of aliphatic carboxylic acids is 1. The minimum atomic E-state index is -3.73. The first-order valence-electron chi connectivity index (χ1n) is 6.94. The van der Waals surface area contributed by atoms with Gasteiger partial charge in [-0.25, -0.2) is 8.42 Å². The summed E-state index contributed by atoms with van der Waals surface area (Å²) in [4.78, 5) is 11.4. The van der Waals surface area contributed by atoms with E-state index >= 15 is 0 Å². The van der Waals surface area contributed by atoms with E-state index in [1.165, 1.54) is 17.3 Å². The lowest BCUT2D eigenvalue weighted by Crippen LogP contribution is -2.41. The average Bonchev–Trinajstić information content (AvgIpc) is 2.97. The van der Waals surface area contributed by atoms with E-state index in [2.05, 4.69) is 0 Å². The highest BCUT2D eigenvalue weighted by molar-refractivity contribution is 8.00. The first-order valence-corrected chi connectivity index (χ1v) is 9.54. The quantitative estimate of drug-likeness (QED) is 0.915. The number of benzene rings is 1. The summed E-state index contributed by atoms with van der Waals surface area (Å²) in [6.07, 6.45) is 4.11. The number of aryl methyl sites for hydroxylation is 2. The molecule has 1 N–H and O–H groups in total. The normalized spacial score (nSPS) is 23.0. The number of carboxylic acids is 1. The van der Waals surface area contributed by atoms with E-state index in [-0.39, 0.29) is 10.8 Å². The van der Waals surface area contributed by atoms with Gasteiger partial charge in [0.2, 0.25) is 10.0 Å². The molecule has 0 radical (unpaired) electrons. The van der Waals surface area contributed by atoms with Crippen molar-refractivity contribution < 1.29 is 18.3 Å². The van der Waals surface area contributed by atoms with Gasteiger partial charge in [-0.05, 0) is 48.9 Å². The molecule has 0 saturated carbocycles. The van der Waals surface area contributed by atoms with Gasteiger partial charge >= 0.3 is 5.97 Å². The van der Waals surface area contributed by atoms with Crippen LogP contribution in [0.5, 0.6) is 0 Å². The van der Waals surface area contributed by atoms with Crippen molar-refractivity contribution in [2.45, 2.75) is 36.6 Å². The topological polar surface area (TPSA) is 74.7 Å². The lowest BCUT2D eigenvalue weighted by atomic mass is 9.92. The lowest BCUT2D eigenvalue weighted by molar-refractivity contribution is -0.140. The van der Waals surface area contributed by atoms with Crippen LogP contribution in [0, 0.1) is 0 Å². The highest BCUT2D eigenvalue weighted by Crippen LogP contribution is 2.30. The number of thioether (sulfide) groups is 1. The van der Waals surface area contributed by atoms with Crippen LogP contribution in [0.2, 0.25) is 0 Å². The van der Waals surface area contributed by atoms with Crippen LogP contribution in [0.1, 0.15) is 24.0 Å². The Morgan fingerprint density at radius 3 is 2.67 bits per heavy atom. The van der Waals surface area contributed by atoms with Crippen LogP contribution in [0.15, 0.2) is 23.1 Å². The highest BCUT2D eigenvalue weighted by Gasteiger charge is 2.40. The molecule has 3 rings (SSSR count). The fourth-order valence-electron chi connectivity index (χ4n) is 2.86. The number of nitrogens with zero attached hydrogens (tertiary/aromatic N) is 1. The Kier molecular flexibility index (Phi) is 3.98. The summed E-state index contributed by atoms with van der Waals surface area (Å²) in [5.41, 5.74) is 2.30. The van der Waals surface area contributed by atoms with Crippen molar-refractivity contribution in [2.24, 2.45) is 0 Å². The minimum absolute atomic E-state index is 0.205. The number of hydrogen-bond acceptors (Lipinski definition) is 4.